The Labute approximate surface area is 157 Å². The van der Waals surface area contributed by atoms with E-state index in [2.05, 4.69) is 33.6 Å². The number of hydrogen-bond acceptors (Lipinski definition) is 4. The van der Waals surface area contributed by atoms with E-state index in [1.165, 1.54) is 35.7 Å². The summed E-state index contributed by atoms with van der Waals surface area (Å²) < 4.78 is 6.70. The Hall–Kier alpha value is -2.11. The molecule has 26 heavy (non-hydrogen) atoms. The van der Waals surface area contributed by atoms with Gasteiger partial charge in [0, 0.05) is 35.0 Å². The van der Waals surface area contributed by atoms with Gasteiger partial charge in [0.1, 0.15) is 5.69 Å². The van der Waals surface area contributed by atoms with E-state index in [0.29, 0.717) is 11.8 Å². The van der Waals surface area contributed by atoms with Crippen LogP contribution in [0.3, 0.4) is 0 Å². The monoisotopic (exact) mass is 368 g/mol. The van der Waals surface area contributed by atoms with E-state index < -0.39 is 0 Å². The molecular formula is C20H21ClN4O. The van der Waals surface area contributed by atoms with E-state index in [1.807, 2.05) is 12.1 Å². The van der Waals surface area contributed by atoms with Crippen molar-refractivity contribution in [2.75, 3.05) is 20.2 Å². The maximum atomic E-state index is 6.34. The average Bonchev–Trinajstić information content (AvgIpc) is 3.35. The van der Waals surface area contributed by atoms with Crippen LogP contribution in [0.1, 0.15) is 24.3 Å². The molecule has 1 N–H and O–H groups in total. The van der Waals surface area contributed by atoms with Crippen LogP contribution in [0.25, 0.3) is 22.2 Å². The van der Waals surface area contributed by atoms with E-state index in [9.17, 15) is 0 Å². The van der Waals surface area contributed by atoms with Gasteiger partial charge in [0.2, 0.25) is 5.88 Å². The van der Waals surface area contributed by atoms with Gasteiger partial charge in [-0.25, -0.2) is 4.98 Å². The SMILES string of the molecule is COc1cc(-c2nn(Cl)c3ccc(C4C[C@H]5CNC[C@H]5C4)cc23)ccn1. The predicted molar refractivity (Wildman–Crippen MR) is 103 cm³/mol. The van der Waals surface area contributed by atoms with E-state index in [4.69, 9.17) is 16.5 Å². The average molecular weight is 369 g/mol. The van der Waals surface area contributed by atoms with Gasteiger partial charge in [0.05, 0.1) is 12.6 Å². The van der Waals surface area contributed by atoms with Crippen LogP contribution in [-0.2, 0) is 0 Å². The highest BCUT2D eigenvalue weighted by molar-refractivity contribution is 6.19. The molecule has 5 nitrogen and oxygen atoms in total. The second-order valence-electron chi connectivity index (χ2n) is 7.42. The number of ether oxygens (including phenoxy) is 1. The number of fused-ring (bicyclic) bond motifs is 2. The summed E-state index contributed by atoms with van der Waals surface area (Å²) in [5.41, 5.74) is 4.17. The highest BCUT2D eigenvalue weighted by atomic mass is 35.5. The van der Waals surface area contributed by atoms with Crippen LogP contribution in [0.5, 0.6) is 5.88 Å². The smallest absolute Gasteiger partial charge is 0.213 e. The van der Waals surface area contributed by atoms with Crippen molar-refractivity contribution in [3.63, 3.8) is 0 Å². The highest BCUT2D eigenvalue weighted by Crippen LogP contribution is 2.45. The molecule has 0 amide bonds. The minimum Gasteiger partial charge on any atom is -0.481 e. The van der Waals surface area contributed by atoms with Crippen LogP contribution in [0.2, 0.25) is 0 Å². The van der Waals surface area contributed by atoms with E-state index in [-0.39, 0.29) is 0 Å². The van der Waals surface area contributed by atoms with Crippen molar-refractivity contribution in [2.45, 2.75) is 18.8 Å². The minimum absolute atomic E-state index is 0.576. The molecule has 1 aliphatic heterocycles. The number of rotatable bonds is 3. The first-order valence-corrected chi connectivity index (χ1v) is 9.46. The Kier molecular flexibility index (Phi) is 3.87. The highest BCUT2D eigenvalue weighted by Gasteiger charge is 2.37. The summed E-state index contributed by atoms with van der Waals surface area (Å²) in [6.45, 7) is 2.34. The molecule has 1 saturated heterocycles. The molecule has 134 valence electrons. The van der Waals surface area contributed by atoms with Crippen molar-refractivity contribution >= 4 is 22.7 Å². The maximum absolute atomic E-state index is 6.34. The fourth-order valence-corrected chi connectivity index (χ4v) is 4.90. The van der Waals surface area contributed by atoms with Gasteiger partial charge >= 0.3 is 0 Å². The van der Waals surface area contributed by atoms with Crippen molar-refractivity contribution in [1.82, 2.24) is 19.6 Å². The molecule has 0 bridgehead atoms. The number of aromatic nitrogens is 3. The van der Waals surface area contributed by atoms with Gasteiger partial charge in [0.25, 0.3) is 0 Å². The lowest BCUT2D eigenvalue weighted by Gasteiger charge is -2.12. The Balaban J connectivity index is 1.57. The number of benzene rings is 1. The Morgan fingerprint density at radius 1 is 1.15 bits per heavy atom. The quantitative estimate of drug-likeness (QED) is 0.763. The normalized spacial score (nSPS) is 24.9. The van der Waals surface area contributed by atoms with Gasteiger partial charge in [-0.05, 0) is 67.4 Å². The first kappa shape index (κ1) is 16.1. The van der Waals surface area contributed by atoms with Crippen molar-refractivity contribution < 1.29 is 4.74 Å². The lowest BCUT2D eigenvalue weighted by Crippen LogP contribution is -2.11. The Bertz CT molecular complexity index is 958. The number of halogens is 1. The zero-order valence-corrected chi connectivity index (χ0v) is 15.4. The van der Waals surface area contributed by atoms with Crippen LogP contribution < -0.4 is 10.1 Å². The van der Waals surface area contributed by atoms with E-state index >= 15 is 0 Å². The van der Waals surface area contributed by atoms with Gasteiger partial charge in [-0.1, -0.05) is 6.07 Å². The lowest BCUT2D eigenvalue weighted by molar-refractivity contribution is 0.398. The van der Waals surface area contributed by atoms with Crippen molar-refractivity contribution in [2.24, 2.45) is 11.8 Å². The third-order valence-corrected chi connectivity index (χ3v) is 6.26. The fourth-order valence-electron chi connectivity index (χ4n) is 4.67. The lowest BCUT2D eigenvalue weighted by atomic mass is 9.94. The van der Waals surface area contributed by atoms with Crippen molar-refractivity contribution in [3.8, 4) is 17.1 Å². The third-order valence-electron chi connectivity index (χ3n) is 6.01. The summed E-state index contributed by atoms with van der Waals surface area (Å²) in [4.78, 5) is 4.19. The third kappa shape index (κ3) is 2.58. The predicted octanol–water partition coefficient (Wildman–Crippen LogP) is 3.82. The number of pyridine rings is 1. The molecule has 6 heteroatoms. The molecule has 2 fully saturated rings. The van der Waals surface area contributed by atoms with Gasteiger partial charge in [-0.3, -0.25) is 0 Å². The standard InChI is InChI=1S/C20H21ClN4O/c1-26-19-9-13(4-5-23-19)20-17-8-12(2-3-18(17)25(21)24-20)14-6-15-10-22-11-16(15)7-14/h2-5,8-9,14-16,22H,6-7,10-11H2,1H3/t14?,15-,16+. The number of hydrogen-bond donors (Lipinski definition) is 1. The van der Waals surface area contributed by atoms with Crippen LogP contribution in [0, 0.1) is 11.8 Å². The summed E-state index contributed by atoms with van der Waals surface area (Å²) in [5.74, 6) is 2.87. The summed E-state index contributed by atoms with van der Waals surface area (Å²) in [6, 6.07) is 10.4. The molecule has 0 radical (unpaired) electrons. The van der Waals surface area contributed by atoms with Gasteiger partial charge in [0.15, 0.2) is 0 Å². The summed E-state index contributed by atoms with van der Waals surface area (Å²) >= 11 is 6.34. The molecule has 3 aromatic rings. The van der Waals surface area contributed by atoms with E-state index in [1.54, 1.807) is 13.3 Å². The van der Waals surface area contributed by atoms with Gasteiger partial charge in [-0.15, -0.1) is 0 Å². The molecule has 1 unspecified atom stereocenters. The summed E-state index contributed by atoms with van der Waals surface area (Å²) in [7, 11) is 1.62. The van der Waals surface area contributed by atoms with Crippen molar-refractivity contribution in [3.05, 3.63) is 42.1 Å². The molecule has 2 aliphatic rings. The molecule has 3 atom stereocenters. The summed E-state index contributed by atoms with van der Waals surface area (Å²) in [5, 5.41) is 9.16. The molecule has 0 spiro atoms. The largest absolute Gasteiger partial charge is 0.481 e. The Morgan fingerprint density at radius 2 is 1.96 bits per heavy atom. The van der Waals surface area contributed by atoms with E-state index in [0.717, 1.165) is 34.0 Å². The number of nitrogens with one attached hydrogen (secondary N) is 1. The zero-order valence-electron chi connectivity index (χ0n) is 14.7. The molecule has 2 aromatic heterocycles. The molecule has 5 rings (SSSR count). The topological polar surface area (TPSA) is 52.0 Å². The second-order valence-corrected chi connectivity index (χ2v) is 7.74. The van der Waals surface area contributed by atoms with Gasteiger partial charge < -0.3 is 10.1 Å². The first-order chi connectivity index (χ1) is 12.7. The number of nitrogens with zero attached hydrogens (tertiary/aromatic N) is 3. The van der Waals surface area contributed by atoms with Gasteiger partial charge in [-0.2, -0.15) is 9.30 Å². The van der Waals surface area contributed by atoms with Crippen LogP contribution in [-0.4, -0.2) is 34.5 Å². The fraction of sp³-hybridized carbons (Fsp3) is 0.400. The van der Waals surface area contributed by atoms with Crippen LogP contribution >= 0.6 is 11.8 Å². The van der Waals surface area contributed by atoms with Crippen molar-refractivity contribution in [1.29, 1.82) is 0 Å². The minimum atomic E-state index is 0.576. The zero-order chi connectivity index (χ0) is 17.7. The maximum Gasteiger partial charge on any atom is 0.213 e. The number of methoxy groups -OCH3 is 1. The first-order valence-electron chi connectivity index (χ1n) is 9.13. The van der Waals surface area contributed by atoms with Crippen LogP contribution in [0.4, 0.5) is 0 Å². The molecule has 1 aromatic carbocycles. The Morgan fingerprint density at radius 3 is 2.73 bits per heavy atom. The second kappa shape index (κ2) is 6.25. The molecular weight excluding hydrogens is 348 g/mol. The summed E-state index contributed by atoms with van der Waals surface area (Å²) in [6.07, 6.45) is 4.29. The molecule has 3 heterocycles. The van der Waals surface area contributed by atoms with Crippen LogP contribution in [0.15, 0.2) is 36.5 Å². The molecule has 1 aliphatic carbocycles. The molecule has 1 saturated carbocycles.